The maximum atomic E-state index is 9.59. The molecule has 0 spiro atoms. The minimum absolute atomic E-state index is 0.139. The van der Waals surface area contributed by atoms with Crippen molar-refractivity contribution in [2.45, 2.75) is 33.0 Å². The lowest BCUT2D eigenvalue weighted by Crippen LogP contribution is -2.03. The summed E-state index contributed by atoms with van der Waals surface area (Å²) in [6, 6.07) is 0. The maximum Gasteiger partial charge on any atom is 0.302 e. The second-order valence-electron chi connectivity index (χ2n) is 3.17. The van der Waals surface area contributed by atoms with Crippen molar-refractivity contribution < 1.29 is 34.7 Å². The summed E-state index contributed by atoms with van der Waals surface area (Å²) in [5.41, 5.74) is 0. The molecule has 7 heteroatoms. The summed E-state index contributed by atoms with van der Waals surface area (Å²) < 4.78 is 8.36. The maximum absolute atomic E-state index is 9.59. The number of esters is 1. The fourth-order valence-electron chi connectivity index (χ4n) is 0. The van der Waals surface area contributed by atoms with Crippen molar-refractivity contribution in [3.63, 3.8) is 0 Å². The number of aliphatic hydroxyl groups is 4. The van der Waals surface area contributed by atoms with Gasteiger partial charge in [0, 0.05) is 21.1 Å². The zero-order valence-corrected chi connectivity index (χ0v) is 12.1. The molecule has 0 fully saturated rings. The van der Waals surface area contributed by atoms with Crippen molar-refractivity contribution in [1.29, 1.82) is 0 Å². The van der Waals surface area contributed by atoms with Gasteiger partial charge in [0.2, 0.25) is 0 Å². The SMILES string of the molecule is CC(O)CO.CC(O)CO.COC.COC(C)=O. The molecule has 0 radical (unpaired) electrons. The Bertz CT molecular complexity index is 129. The molecule has 0 aromatic carbocycles. The predicted octanol–water partition coefficient (Wildman–Crippen LogP) is -0.839. The van der Waals surface area contributed by atoms with Crippen LogP contribution in [0.1, 0.15) is 20.8 Å². The largest absolute Gasteiger partial charge is 0.469 e. The van der Waals surface area contributed by atoms with Crippen LogP contribution in [0, 0.1) is 0 Å². The van der Waals surface area contributed by atoms with Gasteiger partial charge in [0.25, 0.3) is 0 Å². The highest BCUT2D eigenvalue weighted by Crippen LogP contribution is 1.69. The molecule has 7 nitrogen and oxygen atoms in total. The normalized spacial score (nSPS) is 11.2. The van der Waals surface area contributed by atoms with E-state index in [9.17, 15) is 4.79 Å². The van der Waals surface area contributed by atoms with Crippen LogP contribution >= 0.6 is 0 Å². The van der Waals surface area contributed by atoms with Gasteiger partial charge in [-0.3, -0.25) is 4.79 Å². The van der Waals surface area contributed by atoms with E-state index in [0.717, 1.165) is 0 Å². The lowest BCUT2D eigenvalue weighted by atomic mass is 10.5. The molecular weight excluding hydrogens is 244 g/mol. The molecule has 0 aliphatic heterocycles. The van der Waals surface area contributed by atoms with Crippen LogP contribution in [0.5, 0.6) is 0 Å². The third-order valence-corrected chi connectivity index (χ3v) is 0.816. The Labute approximate surface area is 109 Å². The van der Waals surface area contributed by atoms with Gasteiger partial charge in [0.1, 0.15) is 0 Å². The van der Waals surface area contributed by atoms with E-state index in [1.165, 1.54) is 27.9 Å². The molecule has 0 bridgehead atoms. The van der Waals surface area contributed by atoms with Crippen LogP contribution in [-0.4, -0.2) is 73.1 Å². The third-order valence-electron chi connectivity index (χ3n) is 0.816. The van der Waals surface area contributed by atoms with Gasteiger partial charge in [-0.2, -0.15) is 0 Å². The number of carbonyl (C=O) groups excluding carboxylic acids is 1. The molecule has 114 valence electrons. The molecule has 0 aliphatic carbocycles. The van der Waals surface area contributed by atoms with Crippen LogP contribution in [0.15, 0.2) is 0 Å². The Kier molecular flexibility index (Phi) is 36.3. The predicted molar refractivity (Wildman–Crippen MR) is 68.2 cm³/mol. The van der Waals surface area contributed by atoms with Gasteiger partial charge in [-0.25, -0.2) is 0 Å². The second kappa shape index (κ2) is 25.2. The monoisotopic (exact) mass is 272 g/mol. The van der Waals surface area contributed by atoms with Crippen molar-refractivity contribution >= 4 is 5.97 Å². The molecule has 18 heavy (non-hydrogen) atoms. The van der Waals surface area contributed by atoms with Crippen molar-refractivity contribution in [1.82, 2.24) is 0 Å². The molecule has 0 rings (SSSR count). The lowest BCUT2D eigenvalue weighted by molar-refractivity contribution is -0.137. The Morgan fingerprint density at radius 3 is 1.11 bits per heavy atom. The first kappa shape index (κ1) is 26.0. The number of methoxy groups -OCH3 is 2. The lowest BCUT2D eigenvalue weighted by Gasteiger charge is -1.90. The van der Waals surface area contributed by atoms with E-state index < -0.39 is 12.2 Å². The molecule has 2 atom stereocenters. The number of ether oxygens (including phenoxy) is 2. The molecule has 0 amide bonds. The first-order valence-corrected chi connectivity index (χ1v) is 5.25. The highest BCUT2D eigenvalue weighted by Gasteiger charge is 1.83. The molecule has 0 aliphatic rings. The summed E-state index contributed by atoms with van der Waals surface area (Å²) in [7, 11) is 4.60. The van der Waals surface area contributed by atoms with E-state index in [4.69, 9.17) is 20.4 Å². The van der Waals surface area contributed by atoms with E-state index in [1.54, 1.807) is 14.2 Å². The Morgan fingerprint density at radius 1 is 1.00 bits per heavy atom. The number of hydrogen-bond donors (Lipinski definition) is 4. The van der Waals surface area contributed by atoms with Gasteiger partial charge in [0.15, 0.2) is 0 Å². The van der Waals surface area contributed by atoms with Crippen LogP contribution in [-0.2, 0) is 14.3 Å². The summed E-state index contributed by atoms with van der Waals surface area (Å²) in [6.07, 6.45) is -1.12. The van der Waals surface area contributed by atoms with Gasteiger partial charge >= 0.3 is 5.97 Å². The zero-order chi connectivity index (χ0) is 15.6. The van der Waals surface area contributed by atoms with E-state index in [0.29, 0.717) is 0 Å². The average Bonchev–Trinajstić information content (AvgIpc) is 2.31. The van der Waals surface area contributed by atoms with E-state index >= 15 is 0 Å². The number of aliphatic hydroxyl groups excluding tert-OH is 4. The van der Waals surface area contributed by atoms with Gasteiger partial charge in [-0.15, -0.1) is 0 Å². The molecule has 0 heterocycles. The minimum atomic E-state index is -0.560. The van der Waals surface area contributed by atoms with Gasteiger partial charge in [-0.1, -0.05) is 0 Å². The molecule has 0 aromatic heterocycles. The molecule has 2 unspecified atom stereocenters. The van der Waals surface area contributed by atoms with E-state index in [2.05, 4.69) is 9.47 Å². The topological polar surface area (TPSA) is 116 Å². The number of carbonyl (C=O) groups is 1. The second-order valence-corrected chi connectivity index (χ2v) is 3.17. The van der Waals surface area contributed by atoms with Gasteiger partial charge in [0.05, 0.1) is 32.5 Å². The fraction of sp³-hybridized carbons (Fsp3) is 0.909. The Balaban J connectivity index is -0.0000000739. The fourth-order valence-corrected chi connectivity index (χ4v) is 0. The summed E-state index contributed by atoms with van der Waals surface area (Å²) in [6.45, 7) is 4.14. The standard InChI is InChI=1S/C3H6O2.2C3H8O2.C2H6O/c1-3(4)5-2;2*1-3(5)2-4;1-3-2/h1-2H3;2*3-5H,2H2,1H3;1-2H3. The molecule has 0 saturated carbocycles. The zero-order valence-electron chi connectivity index (χ0n) is 12.1. The summed E-state index contributed by atoms with van der Waals surface area (Å²) in [4.78, 5) is 9.59. The van der Waals surface area contributed by atoms with Crippen molar-refractivity contribution in [3.05, 3.63) is 0 Å². The van der Waals surface area contributed by atoms with Crippen LogP contribution in [0.4, 0.5) is 0 Å². The van der Waals surface area contributed by atoms with Crippen LogP contribution in [0.25, 0.3) is 0 Å². The van der Waals surface area contributed by atoms with Gasteiger partial charge < -0.3 is 29.9 Å². The Hall–Kier alpha value is -0.730. The molecule has 0 aromatic rings. The first-order valence-electron chi connectivity index (χ1n) is 5.25. The smallest absolute Gasteiger partial charge is 0.302 e. The summed E-state index contributed by atoms with van der Waals surface area (Å²) in [5.74, 6) is -0.245. The van der Waals surface area contributed by atoms with Crippen LogP contribution in [0.2, 0.25) is 0 Å². The highest BCUT2D eigenvalue weighted by atomic mass is 16.5. The Morgan fingerprint density at radius 2 is 1.11 bits per heavy atom. The van der Waals surface area contributed by atoms with Crippen LogP contribution in [0.3, 0.4) is 0 Å². The van der Waals surface area contributed by atoms with Crippen molar-refractivity contribution in [2.24, 2.45) is 0 Å². The first-order chi connectivity index (χ1) is 8.22. The van der Waals surface area contributed by atoms with Crippen molar-refractivity contribution in [3.8, 4) is 0 Å². The summed E-state index contributed by atoms with van der Waals surface area (Å²) >= 11 is 0. The minimum Gasteiger partial charge on any atom is -0.469 e. The van der Waals surface area contributed by atoms with Gasteiger partial charge in [-0.05, 0) is 13.8 Å². The molecule has 0 saturated heterocycles. The van der Waals surface area contributed by atoms with E-state index in [1.807, 2.05) is 0 Å². The summed E-state index contributed by atoms with van der Waals surface area (Å²) in [5, 5.41) is 32.0. The quantitative estimate of drug-likeness (QED) is 0.484. The third kappa shape index (κ3) is 112. The molecule has 4 N–H and O–H groups in total. The number of rotatable bonds is 2. The van der Waals surface area contributed by atoms with E-state index in [-0.39, 0.29) is 19.2 Å². The van der Waals surface area contributed by atoms with Crippen LogP contribution < -0.4 is 0 Å². The highest BCUT2D eigenvalue weighted by molar-refractivity contribution is 5.65. The van der Waals surface area contributed by atoms with Crippen molar-refractivity contribution in [2.75, 3.05) is 34.5 Å². The number of hydrogen-bond acceptors (Lipinski definition) is 7. The average molecular weight is 272 g/mol. The molecular formula is C11H28O7.